The molecule has 0 atom stereocenters. The summed E-state index contributed by atoms with van der Waals surface area (Å²) in [5, 5.41) is 1.85. The molecular formula is C12H14O2S. The van der Waals surface area contributed by atoms with Gasteiger partial charge in [0.05, 0.1) is 7.11 Å². The molecule has 0 fully saturated rings. The molecule has 0 unspecified atom stereocenters. The highest BCUT2D eigenvalue weighted by molar-refractivity contribution is 8.02. The zero-order valence-electron chi connectivity index (χ0n) is 8.90. The van der Waals surface area contributed by atoms with Crippen molar-refractivity contribution in [2.45, 2.75) is 18.2 Å². The van der Waals surface area contributed by atoms with E-state index in [9.17, 15) is 4.79 Å². The van der Waals surface area contributed by atoms with Crippen molar-refractivity contribution in [1.82, 2.24) is 0 Å². The van der Waals surface area contributed by atoms with Crippen molar-refractivity contribution in [1.29, 1.82) is 0 Å². The summed E-state index contributed by atoms with van der Waals surface area (Å²) in [4.78, 5) is 12.4. The number of carbonyl (C=O) groups is 1. The van der Waals surface area contributed by atoms with E-state index in [1.54, 1.807) is 0 Å². The number of esters is 1. The number of rotatable bonds is 4. The van der Waals surface area contributed by atoms with Gasteiger partial charge in [-0.2, -0.15) is 0 Å². The van der Waals surface area contributed by atoms with Crippen LogP contribution in [0.2, 0.25) is 0 Å². The highest BCUT2D eigenvalue weighted by atomic mass is 32.2. The molecule has 2 nitrogen and oxygen atoms in total. The predicted molar refractivity (Wildman–Crippen MR) is 62.7 cm³/mol. The van der Waals surface area contributed by atoms with Gasteiger partial charge < -0.3 is 4.74 Å². The Bertz CT molecular complexity index is 344. The zero-order valence-corrected chi connectivity index (χ0v) is 9.71. The Labute approximate surface area is 94.3 Å². The summed E-state index contributed by atoms with van der Waals surface area (Å²) < 4.78 is 4.67. The maximum atomic E-state index is 11.3. The number of methoxy groups -OCH3 is 1. The molecular weight excluding hydrogens is 208 g/mol. The first kappa shape index (κ1) is 11.9. The fourth-order valence-corrected chi connectivity index (χ4v) is 1.90. The smallest absolute Gasteiger partial charge is 0.334 e. The van der Waals surface area contributed by atoms with Crippen LogP contribution < -0.4 is 0 Å². The molecule has 1 aromatic carbocycles. The fraction of sp³-hybridized carbons (Fsp3) is 0.250. The summed E-state index contributed by atoms with van der Waals surface area (Å²) in [5.74, 6) is -0.249. The maximum absolute atomic E-state index is 11.3. The number of thioether (sulfide) groups is 1. The van der Waals surface area contributed by atoms with Crippen molar-refractivity contribution in [3.8, 4) is 0 Å². The van der Waals surface area contributed by atoms with Gasteiger partial charge in [0.15, 0.2) is 0 Å². The van der Waals surface area contributed by atoms with E-state index in [0.29, 0.717) is 12.0 Å². The van der Waals surface area contributed by atoms with Crippen LogP contribution in [-0.4, -0.2) is 13.1 Å². The van der Waals surface area contributed by atoms with Gasteiger partial charge in [-0.1, -0.05) is 36.9 Å². The van der Waals surface area contributed by atoms with Crippen molar-refractivity contribution in [3.63, 3.8) is 0 Å². The summed E-state index contributed by atoms with van der Waals surface area (Å²) in [6.07, 6.45) is 0.687. The Morgan fingerprint density at radius 2 is 2.07 bits per heavy atom. The summed E-state index contributed by atoms with van der Waals surface area (Å²) in [6.45, 7) is 1.94. The minimum Gasteiger partial charge on any atom is -0.466 e. The van der Waals surface area contributed by atoms with Crippen molar-refractivity contribution in [2.24, 2.45) is 0 Å². The van der Waals surface area contributed by atoms with Crippen LogP contribution in [0, 0.1) is 0 Å². The highest BCUT2D eigenvalue weighted by Crippen LogP contribution is 2.21. The van der Waals surface area contributed by atoms with Crippen LogP contribution >= 0.6 is 11.8 Å². The molecule has 0 aromatic heterocycles. The first-order valence-electron chi connectivity index (χ1n) is 4.77. The minimum absolute atomic E-state index is 0.249. The number of ether oxygens (including phenoxy) is 1. The summed E-state index contributed by atoms with van der Waals surface area (Å²) in [7, 11) is 1.40. The Kier molecular flexibility index (Phi) is 4.98. The summed E-state index contributed by atoms with van der Waals surface area (Å²) in [5.41, 5.74) is 0.700. The first-order valence-corrected chi connectivity index (χ1v) is 5.65. The molecule has 15 heavy (non-hydrogen) atoms. The van der Waals surface area contributed by atoms with Crippen molar-refractivity contribution >= 4 is 17.7 Å². The highest BCUT2D eigenvalue weighted by Gasteiger charge is 2.06. The Hall–Kier alpha value is -1.22. The molecule has 0 aliphatic rings. The van der Waals surface area contributed by atoms with Crippen LogP contribution in [0.3, 0.4) is 0 Å². The quantitative estimate of drug-likeness (QED) is 0.444. The van der Waals surface area contributed by atoms with Crippen LogP contribution in [-0.2, 0) is 9.53 Å². The van der Waals surface area contributed by atoms with Gasteiger partial charge in [-0.05, 0) is 24.0 Å². The van der Waals surface area contributed by atoms with Crippen LogP contribution in [0.15, 0.2) is 46.2 Å². The first-order chi connectivity index (χ1) is 7.27. The SMILES string of the molecule is CCC(=CSc1ccccc1)C(=O)OC. The normalized spacial score (nSPS) is 11.2. The van der Waals surface area contributed by atoms with Gasteiger partial charge in [0.1, 0.15) is 0 Å². The molecule has 0 spiro atoms. The number of hydrogen-bond acceptors (Lipinski definition) is 3. The second kappa shape index (κ2) is 6.30. The zero-order chi connectivity index (χ0) is 11.1. The molecule has 0 bridgehead atoms. The molecule has 0 amide bonds. The lowest BCUT2D eigenvalue weighted by Gasteiger charge is -2.01. The third-order valence-electron chi connectivity index (χ3n) is 1.91. The van der Waals surface area contributed by atoms with Gasteiger partial charge in [-0.3, -0.25) is 0 Å². The van der Waals surface area contributed by atoms with Crippen LogP contribution in [0.5, 0.6) is 0 Å². The molecule has 0 aliphatic heterocycles. The van der Waals surface area contributed by atoms with Gasteiger partial charge in [0.25, 0.3) is 0 Å². The number of carbonyl (C=O) groups excluding carboxylic acids is 1. The van der Waals surface area contributed by atoms with Crippen molar-refractivity contribution < 1.29 is 9.53 Å². The van der Waals surface area contributed by atoms with Crippen LogP contribution in [0.4, 0.5) is 0 Å². The molecule has 80 valence electrons. The molecule has 0 saturated heterocycles. The molecule has 0 radical (unpaired) electrons. The topological polar surface area (TPSA) is 26.3 Å². The lowest BCUT2D eigenvalue weighted by Crippen LogP contribution is -2.02. The predicted octanol–water partition coefficient (Wildman–Crippen LogP) is 3.25. The largest absolute Gasteiger partial charge is 0.466 e. The van der Waals surface area contributed by atoms with Crippen molar-refractivity contribution in [3.05, 3.63) is 41.3 Å². The van der Waals surface area contributed by atoms with E-state index in [4.69, 9.17) is 0 Å². The van der Waals surface area contributed by atoms with E-state index in [0.717, 1.165) is 4.90 Å². The van der Waals surface area contributed by atoms with E-state index < -0.39 is 0 Å². The number of hydrogen-bond donors (Lipinski definition) is 0. The summed E-state index contributed by atoms with van der Waals surface area (Å²) >= 11 is 1.53. The van der Waals surface area contributed by atoms with Gasteiger partial charge in [0.2, 0.25) is 0 Å². The van der Waals surface area contributed by atoms with Gasteiger partial charge in [-0.15, -0.1) is 0 Å². The molecule has 0 saturated carbocycles. The molecule has 1 aromatic rings. The molecule has 0 aliphatic carbocycles. The van der Waals surface area contributed by atoms with Gasteiger partial charge >= 0.3 is 5.97 Å². The van der Waals surface area contributed by atoms with Gasteiger partial charge in [-0.25, -0.2) is 4.79 Å². The molecule has 1 rings (SSSR count). The average Bonchev–Trinajstić information content (AvgIpc) is 2.31. The lowest BCUT2D eigenvalue weighted by molar-refractivity contribution is -0.136. The monoisotopic (exact) mass is 222 g/mol. The fourth-order valence-electron chi connectivity index (χ4n) is 1.05. The average molecular weight is 222 g/mol. The standard InChI is InChI=1S/C12H14O2S/c1-3-10(12(13)14-2)9-15-11-7-5-4-6-8-11/h4-9H,3H2,1-2H3. The van der Waals surface area contributed by atoms with E-state index in [1.807, 2.05) is 42.7 Å². The van der Waals surface area contributed by atoms with Crippen LogP contribution in [0.1, 0.15) is 13.3 Å². The van der Waals surface area contributed by atoms with E-state index in [1.165, 1.54) is 18.9 Å². The van der Waals surface area contributed by atoms with Crippen molar-refractivity contribution in [2.75, 3.05) is 7.11 Å². The second-order valence-corrected chi connectivity index (χ2v) is 3.86. The maximum Gasteiger partial charge on any atom is 0.334 e. The molecule has 0 N–H and O–H groups in total. The summed E-state index contributed by atoms with van der Waals surface area (Å²) in [6, 6.07) is 9.92. The van der Waals surface area contributed by atoms with Gasteiger partial charge in [0, 0.05) is 10.5 Å². The molecule has 0 heterocycles. The second-order valence-electron chi connectivity index (χ2n) is 2.92. The Morgan fingerprint density at radius 1 is 1.40 bits per heavy atom. The number of benzene rings is 1. The third kappa shape index (κ3) is 3.80. The lowest BCUT2D eigenvalue weighted by atomic mass is 10.2. The van der Waals surface area contributed by atoms with Crippen LogP contribution in [0.25, 0.3) is 0 Å². The minimum atomic E-state index is -0.249. The van der Waals surface area contributed by atoms with E-state index in [-0.39, 0.29) is 5.97 Å². The third-order valence-corrected chi connectivity index (χ3v) is 2.86. The Balaban J connectivity index is 2.67. The molecule has 3 heteroatoms. The Morgan fingerprint density at radius 3 is 2.60 bits per heavy atom. The van der Waals surface area contributed by atoms with E-state index >= 15 is 0 Å². The van der Waals surface area contributed by atoms with E-state index in [2.05, 4.69) is 4.74 Å².